The third-order valence-corrected chi connectivity index (χ3v) is 4.38. The molecule has 1 unspecified atom stereocenters. The second-order valence-electron chi connectivity index (χ2n) is 7.96. The van der Waals surface area contributed by atoms with Gasteiger partial charge in [0.25, 0.3) is 11.8 Å². The maximum atomic E-state index is 13.0. The minimum Gasteiger partial charge on any atom is -0.485 e. The Morgan fingerprint density at radius 2 is 1.84 bits per heavy atom. The lowest BCUT2D eigenvalue weighted by atomic mass is 10.1. The number of anilines is 1. The van der Waals surface area contributed by atoms with Crippen LogP contribution in [0.3, 0.4) is 0 Å². The number of halogens is 2. The van der Waals surface area contributed by atoms with Crippen LogP contribution in [0, 0.1) is 19.8 Å². The first-order valence-electron chi connectivity index (χ1n) is 9.93. The fourth-order valence-electron chi connectivity index (χ4n) is 2.66. The SMILES string of the molecule is Cc1cc(C(C)NC(=O)c2cc(C)c(OCC(C)(F)F)cn2)cc(NC(=O)C(C)C)n1. The summed E-state index contributed by atoms with van der Waals surface area (Å²) in [6.45, 7) is 8.82. The highest BCUT2D eigenvalue weighted by atomic mass is 19.3. The van der Waals surface area contributed by atoms with Crippen molar-refractivity contribution in [2.75, 3.05) is 11.9 Å². The van der Waals surface area contributed by atoms with Crippen LogP contribution in [0.5, 0.6) is 5.75 Å². The van der Waals surface area contributed by atoms with Gasteiger partial charge in [-0.3, -0.25) is 9.59 Å². The van der Waals surface area contributed by atoms with E-state index in [4.69, 9.17) is 4.74 Å². The highest BCUT2D eigenvalue weighted by Crippen LogP contribution is 2.22. The van der Waals surface area contributed by atoms with Gasteiger partial charge in [-0.1, -0.05) is 13.8 Å². The van der Waals surface area contributed by atoms with E-state index in [1.807, 2.05) is 6.07 Å². The number of rotatable bonds is 8. The zero-order valence-corrected chi connectivity index (χ0v) is 18.5. The van der Waals surface area contributed by atoms with Crippen LogP contribution >= 0.6 is 0 Å². The van der Waals surface area contributed by atoms with Gasteiger partial charge in [0.05, 0.1) is 12.2 Å². The fraction of sp³-hybridized carbons (Fsp3) is 0.455. The summed E-state index contributed by atoms with van der Waals surface area (Å²) in [6, 6.07) is 4.62. The maximum Gasteiger partial charge on any atom is 0.278 e. The fourth-order valence-corrected chi connectivity index (χ4v) is 2.66. The van der Waals surface area contributed by atoms with E-state index in [2.05, 4.69) is 20.6 Å². The average Bonchev–Trinajstić information content (AvgIpc) is 2.65. The highest BCUT2D eigenvalue weighted by molar-refractivity contribution is 5.93. The predicted octanol–water partition coefficient (Wildman–Crippen LogP) is 4.21. The summed E-state index contributed by atoms with van der Waals surface area (Å²) in [5.74, 6) is -3.12. The molecule has 0 radical (unpaired) electrons. The molecule has 2 aromatic heterocycles. The molecule has 0 aliphatic rings. The third-order valence-electron chi connectivity index (χ3n) is 4.38. The molecule has 9 heteroatoms. The Hall–Kier alpha value is -3.10. The van der Waals surface area contributed by atoms with E-state index in [0.29, 0.717) is 17.1 Å². The molecule has 2 amide bonds. The lowest BCUT2D eigenvalue weighted by Gasteiger charge is -2.17. The van der Waals surface area contributed by atoms with Crippen molar-refractivity contribution in [2.45, 2.75) is 53.5 Å². The molecule has 0 aromatic carbocycles. The summed E-state index contributed by atoms with van der Waals surface area (Å²) in [5.41, 5.74) is 2.12. The number of aryl methyl sites for hydroxylation is 2. The van der Waals surface area contributed by atoms with Crippen LogP contribution in [-0.4, -0.2) is 34.3 Å². The standard InChI is InChI=1S/C22H28F2N4O3/c1-12(2)20(29)28-19-9-16(8-14(4)26-19)15(5)27-21(30)17-7-13(3)18(10-25-17)31-11-22(6,23)24/h7-10,12,15H,11H2,1-6H3,(H,27,30)(H,26,28,29). The number of carbonyl (C=O) groups excluding carboxylic acids is 2. The number of amides is 2. The molecule has 0 saturated heterocycles. The van der Waals surface area contributed by atoms with Crippen LogP contribution in [0.15, 0.2) is 24.4 Å². The Morgan fingerprint density at radius 3 is 2.42 bits per heavy atom. The summed E-state index contributed by atoms with van der Waals surface area (Å²) in [7, 11) is 0. The van der Waals surface area contributed by atoms with Gasteiger partial charge in [-0.05, 0) is 50.1 Å². The maximum absolute atomic E-state index is 13.0. The molecule has 1 atom stereocenters. The largest absolute Gasteiger partial charge is 0.485 e. The van der Waals surface area contributed by atoms with E-state index >= 15 is 0 Å². The minimum absolute atomic E-state index is 0.138. The lowest BCUT2D eigenvalue weighted by Crippen LogP contribution is -2.28. The van der Waals surface area contributed by atoms with Crippen LogP contribution in [-0.2, 0) is 4.79 Å². The number of carbonyl (C=O) groups is 2. The molecule has 31 heavy (non-hydrogen) atoms. The molecule has 7 nitrogen and oxygen atoms in total. The zero-order chi connectivity index (χ0) is 23.3. The molecule has 0 spiro atoms. The summed E-state index contributed by atoms with van der Waals surface area (Å²) in [5, 5.41) is 5.60. The van der Waals surface area contributed by atoms with Crippen LogP contribution in [0.2, 0.25) is 0 Å². The normalized spacial score (nSPS) is 12.4. The van der Waals surface area contributed by atoms with Gasteiger partial charge in [-0.25, -0.2) is 18.7 Å². The first-order chi connectivity index (χ1) is 14.4. The average molecular weight is 434 g/mol. The van der Waals surface area contributed by atoms with E-state index < -0.39 is 18.4 Å². The van der Waals surface area contributed by atoms with Gasteiger partial charge in [0.1, 0.15) is 17.3 Å². The topological polar surface area (TPSA) is 93.2 Å². The number of nitrogens with one attached hydrogen (secondary N) is 2. The van der Waals surface area contributed by atoms with E-state index in [1.54, 1.807) is 40.7 Å². The minimum atomic E-state index is -2.96. The Labute approximate surface area is 180 Å². The van der Waals surface area contributed by atoms with Crippen LogP contribution < -0.4 is 15.4 Å². The summed E-state index contributed by atoms with van der Waals surface area (Å²) < 4.78 is 31.0. The van der Waals surface area contributed by atoms with E-state index in [9.17, 15) is 18.4 Å². The van der Waals surface area contributed by atoms with E-state index in [-0.39, 0.29) is 29.3 Å². The number of pyridine rings is 2. The van der Waals surface area contributed by atoms with Gasteiger partial charge < -0.3 is 15.4 Å². The van der Waals surface area contributed by atoms with Crippen molar-refractivity contribution < 1.29 is 23.1 Å². The van der Waals surface area contributed by atoms with Gasteiger partial charge in [0, 0.05) is 18.5 Å². The Balaban J connectivity index is 2.11. The Morgan fingerprint density at radius 1 is 1.16 bits per heavy atom. The predicted molar refractivity (Wildman–Crippen MR) is 113 cm³/mol. The molecule has 0 fully saturated rings. The Bertz CT molecular complexity index is 958. The van der Waals surface area contributed by atoms with Crippen molar-refractivity contribution in [3.05, 3.63) is 46.9 Å². The molecular weight excluding hydrogens is 406 g/mol. The van der Waals surface area contributed by atoms with Crippen molar-refractivity contribution in [2.24, 2.45) is 5.92 Å². The van der Waals surface area contributed by atoms with Gasteiger partial charge >= 0.3 is 0 Å². The smallest absolute Gasteiger partial charge is 0.278 e. The molecule has 0 aliphatic heterocycles. The second kappa shape index (κ2) is 9.80. The number of hydrogen-bond donors (Lipinski definition) is 2. The molecule has 2 rings (SSSR count). The Kier molecular flexibility index (Phi) is 7.65. The van der Waals surface area contributed by atoms with Gasteiger partial charge in [-0.2, -0.15) is 0 Å². The monoisotopic (exact) mass is 434 g/mol. The summed E-state index contributed by atoms with van der Waals surface area (Å²) in [6.07, 6.45) is 1.26. The first-order valence-corrected chi connectivity index (χ1v) is 9.93. The van der Waals surface area contributed by atoms with Crippen molar-refractivity contribution in [1.29, 1.82) is 0 Å². The second-order valence-corrected chi connectivity index (χ2v) is 7.96. The van der Waals surface area contributed by atoms with Crippen molar-refractivity contribution in [1.82, 2.24) is 15.3 Å². The number of hydrogen-bond acceptors (Lipinski definition) is 5. The van der Waals surface area contributed by atoms with Crippen molar-refractivity contribution in [3.63, 3.8) is 0 Å². The van der Waals surface area contributed by atoms with Crippen LogP contribution in [0.1, 0.15) is 61.0 Å². The van der Waals surface area contributed by atoms with Gasteiger partial charge in [-0.15, -0.1) is 0 Å². The molecule has 2 aromatic rings. The molecular formula is C22H28F2N4O3. The molecule has 0 aliphatic carbocycles. The quantitative estimate of drug-likeness (QED) is 0.649. The molecule has 2 heterocycles. The molecule has 168 valence electrons. The molecule has 0 saturated carbocycles. The van der Waals surface area contributed by atoms with Crippen molar-refractivity contribution in [3.8, 4) is 5.75 Å². The first kappa shape index (κ1) is 24.2. The van der Waals surface area contributed by atoms with E-state index in [1.165, 1.54) is 12.3 Å². The van der Waals surface area contributed by atoms with Gasteiger partial charge in [0.15, 0.2) is 6.61 Å². The lowest BCUT2D eigenvalue weighted by molar-refractivity contribution is -0.118. The highest BCUT2D eigenvalue weighted by Gasteiger charge is 2.23. The van der Waals surface area contributed by atoms with Crippen molar-refractivity contribution >= 4 is 17.6 Å². The number of ether oxygens (including phenoxy) is 1. The van der Waals surface area contributed by atoms with Crippen LogP contribution in [0.25, 0.3) is 0 Å². The molecule has 0 bridgehead atoms. The van der Waals surface area contributed by atoms with Crippen LogP contribution in [0.4, 0.5) is 14.6 Å². The zero-order valence-electron chi connectivity index (χ0n) is 18.5. The number of aromatic nitrogens is 2. The molecule has 2 N–H and O–H groups in total. The number of nitrogens with zero attached hydrogens (tertiary/aromatic N) is 2. The summed E-state index contributed by atoms with van der Waals surface area (Å²) >= 11 is 0. The van der Waals surface area contributed by atoms with Gasteiger partial charge in [0.2, 0.25) is 5.91 Å². The number of alkyl halides is 2. The summed E-state index contributed by atoms with van der Waals surface area (Å²) in [4.78, 5) is 32.9. The van der Waals surface area contributed by atoms with E-state index in [0.717, 1.165) is 12.5 Å². The third kappa shape index (κ3) is 7.27.